The van der Waals surface area contributed by atoms with Crippen LogP contribution in [0.25, 0.3) is 11.2 Å². The van der Waals surface area contributed by atoms with Crippen molar-refractivity contribution < 1.29 is 24.6 Å². The lowest BCUT2D eigenvalue weighted by Gasteiger charge is -2.20. The predicted octanol–water partition coefficient (Wildman–Crippen LogP) is 2.33. The van der Waals surface area contributed by atoms with Crippen LogP contribution in [0.5, 0.6) is 0 Å². The molecule has 56 heavy (non-hydrogen) atoms. The average Bonchev–Trinajstić information content (AvgIpc) is 3.95. The fraction of sp³-hybridized carbons (Fsp3) is 0.375. The van der Waals surface area contributed by atoms with Crippen molar-refractivity contribution in [2.75, 3.05) is 42.9 Å². The molecule has 2 aromatic carbocycles. The lowest BCUT2D eigenvalue weighted by molar-refractivity contribution is -0.122. The number of rotatable bonds is 14. The van der Waals surface area contributed by atoms with Crippen LogP contribution in [0.15, 0.2) is 91.4 Å². The van der Waals surface area contributed by atoms with Crippen molar-refractivity contribution in [1.29, 1.82) is 0 Å². The van der Waals surface area contributed by atoms with Crippen LogP contribution >= 0.6 is 0 Å². The van der Waals surface area contributed by atoms with Gasteiger partial charge in [0, 0.05) is 57.3 Å². The molecule has 1 saturated carbocycles. The molecule has 7 rings (SSSR count). The van der Waals surface area contributed by atoms with Gasteiger partial charge in [-0.2, -0.15) is 0 Å². The monoisotopic (exact) mass is 761 g/mol. The zero-order valence-corrected chi connectivity index (χ0v) is 31.1. The Bertz CT molecular complexity index is 2060. The largest absolute Gasteiger partial charge is 0.388 e. The molecule has 0 unspecified atom stereocenters. The molecule has 2 fully saturated rings. The molecule has 16 heteroatoms. The molecular formula is C40H47N11O5. The quantitative estimate of drug-likeness (QED) is 0.0817. The van der Waals surface area contributed by atoms with Crippen molar-refractivity contribution in [1.82, 2.24) is 45.8 Å². The summed E-state index contributed by atoms with van der Waals surface area (Å²) in [5, 5.41) is 36.8. The predicted molar refractivity (Wildman–Crippen MR) is 210 cm³/mol. The van der Waals surface area contributed by atoms with E-state index in [2.05, 4.69) is 75.7 Å². The maximum absolute atomic E-state index is 13.6. The molecule has 1 aliphatic carbocycles. The maximum Gasteiger partial charge on any atom is 0.315 e. The second kappa shape index (κ2) is 17.6. The summed E-state index contributed by atoms with van der Waals surface area (Å²) in [7, 11) is 0. The van der Waals surface area contributed by atoms with Crippen molar-refractivity contribution in [3.05, 3.63) is 108 Å². The topological polar surface area (TPSA) is 212 Å². The van der Waals surface area contributed by atoms with Gasteiger partial charge >= 0.3 is 6.03 Å². The van der Waals surface area contributed by atoms with Crippen LogP contribution in [-0.2, 0) is 4.79 Å². The van der Waals surface area contributed by atoms with Gasteiger partial charge < -0.3 is 46.3 Å². The summed E-state index contributed by atoms with van der Waals surface area (Å²) in [6.45, 7) is 3.82. The molecule has 1 saturated heterocycles. The first kappa shape index (κ1) is 38.2. The van der Waals surface area contributed by atoms with E-state index in [1.807, 2.05) is 54.6 Å². The zero-order valence-electron chi connectivity index (χ0n) is 31.1. The number of aliphatic hydroxyl groups excluding tert-OH is 2. The highest BCUT2D eigenvalue weighted by molar-refractivity contribution is 5.94. The Morgan fingerprint density at radius 2 is 1.57 bits per heavy atom. The molecule has 0 radical (unpaired) electrons. The molecule has 4 heterocycles. The number of urea groups is 1. The molecule has 16 nitrogen and oxygen atoms in total. The fourth-order valence-corrected chi connectivity index (χ4v) is 7.41. The van der Waals surface area contributed by atoms with Crippen molar-refractivity contribution in [2.24, 2.45) is 0 Å². The number of imidazole rings is 1. The van der Waals surface area contributed by atoms with Gasteiger partial charge in [-0.15, -0.1) is 0 Å². The van der Waals surface area contributed by atoms with Crippen LogP contribution in [0.1, 0.15) is 59.9 Å². The number of hydrogen-bond donors (Lipinski definition) is 7. The smallest absolute Gasteiger partial charge is 0.315 e. The normalized spacial score (nSPS) is 20.6. The summed E-state index contributed by atoms with van der Waals surface area (Å²) in [6, 6.07) is 24.1. The Hall–Kier alpha value is -6.13. The van der Waals surface area contributed by atoms with Crippen molar-refractivity contribution in [3.8, 4) is 0 Å². The molecule has 7 N–H and O–H groups in total. The number of carbonyl (C=O) groups excluding carboxylic acids is 3. The highest BCUT2D eigenvalue weighted by Crippen LogP contribution is 2.34. The van der Waals surface area contributed by atoms with E-state index in [4.69, 9.17) is 0 Å². The first-order chi connectivity index (χ1) is 27.3. The summed E-state index contributed by atoms with van der Waals surface area (Å²) in [4.78, 5) is 58.8. The SMILES string of the molecule is CCC(=O)N[C@H]1C[C@@H](n2cnc3c(NCC(c4ccccc4)c4ccccc4)nc(C(=O)NCCNC(=O)N[C@H]4CCN(c5ccccn5)C4)nc32)[C@H](O)[C@@H]1O. The highest BCUT2D eigenvalue weighted by atomic mass is 16.3. The second-order valence-corrected chi connectivity index (χ2v) is 14.1. The lowest BCUT2D eigenvalue weighted by Crippen LogP contribution is -2.45. The Morgan fingerprint density at radius 3 is 2.27 bits per heavy atom. The Morgan fingerprint density at radius 1 is 0.857 bits per heavy atom. The molecular weight excluding hydrogens is 715 g/mol. The van der Waals surface area contributed by atoms with Crippen LogP contribution in [0.4, 0.5) is 16.4 Å². The molecule has 292 valence electrons. The number of amides is 4. The Labute approximate surface area is 324 Å². The minimum atomic E-state index is -1.24. The number of fused-ring (bicyclic) bond motifs is 1. The van der Waals surface area contributed by atoms with E-state index in [0.717, 1.165) is 29.9 Å². The maximum atomic E-state index is 13.6. The van der Waals surface area contributed by atoms with Gasteiger partial charge in [-0.3, -0.25) is 9.59 Å². The number of anilines is 2. The summed E-state index contributed by atoms with van der Waals surface area (Å²) in [5.41, 5.74) is 2.81. The summed E-state index contributed by atoms with van der Waals surface area (Å²) in [6.07, 6.45) is 2.03. The van der Waals surface area contributed by atoms with Crippen LogP contribution in [0.2, 0.25) is 0 Å². The molecule has 5 atom stereocenters. The lowest BCUT2D eigenvalue weighted by atomic mass is 9.91. The third-order valence-corrected chi connectivity index (χ3v) is 10.4. The molecule has 5 aromatic rings. The number of hydrogen-bond acceptors (Lipinski definition) is 11. The van der Waals surface area contributed by atoms with Gasteiger partial charge in [0.25, 0.3) is 5.91 Å². The van der Waals surface area contributed by atoms with Gasteiger partial charge in [-0.25, -0.2) is 24.7 Å². The van der Waals surface area contributed by atoms with E-state index in [1.165, 1.54) is 6.33 Å². The van der Waals surface area contributed by atoms with Gasteiger partial charge in [0.1, 0.15) is 23.5 Å². The molecule has 0 spiro atoms. The summed E-state index contributed by atoms with van der Waals surface area (Å²) < 4.78 is 1.63. The number of carbonyl (C=O) groups is 3. The number of aromatic nitrogens is 5. The van der Waals surface area contributed by atoms with Crippen LogP contribution in [0, 0.1) is 0 Å². The summed E-state index contributed by atoms with van der Waals surface area (Å²) >= 11 is 0. The average molecular weight is 762 g/mol. The van der Waals surface area contributed by atoms with Gasteiger partial charge in [0.05, 0.1) is 18.4 Å². The molecule has 2 aliphatic rings. The van der Waals surface area contributed by atoms with Gasteiger partial charge in [0.15, 0.2) is 11.5 Å². The minimum absolute atomic E-state index is 0.0384. The van der Waals surface area contributed by atoms with E-state index in [-0.39, 0.29) is 61.3 Å². The van der Waals surface area contributed by atoms with Gasteiger partial charge in [-0.1, -0.05) is 73.7 Å². The fourth-order valence-electron chi connectivity index (χ4n) is 7.41. The standard InChI is InChI=1S/C40H47N11O5/c1-2-32(52)47-29-21-30(35(54)34(29)53)51-24-45-33-36(44-22-28(25-11-5-3-6-12-25)26-13-7-4-8-14-26)48-37(49-38(33)51)39(55)42-18-19-43-40(56)46-27-16-20-50(23-27)31-15-9-10-17-41-31/h3-15,17,24,27-30,34-35,53-54H,2,16,18-23H2,1H3,(H,42,55)(H,47,52)(H2,43,46,56)(H,44,48,49)/t27-,29-,30+,34+,35-/m0/s1. The number of aliphatic hydroxyl groups is 2. The molecule has 4 amide bonds. The van der Waals surface area contributed by atoms with E-state index >= 15 is 0 Å². The molecule has 0 bridgehead atoms. The van der Waals surface area contributed by atoms with E-state index < -0.39 is 30.2 Å². The number of benzene rings is 2. The van der Waals surface area contributed by atoms with E-state index in [1.54, 1.807) is 17.7 Å². The van der Waals surface area contributed by atoms with E-state index in [9.17, 15) is 24.6 Å². The first-order valence-electron chi connectivity index (χ1n) is 19.0. The third-order valence-electron chi connectivity index (χ3n) is 10.4. The first-order valence-corrected chi connectivity index (χ1v) is 19.0. The third kappa shape index (κ3) is 8.71. The Balaban J connectivity index is 1.07. The summed E-state index contributed by atoms with van der Waals surface area (Å²) in [5.74, 6) is 0.149. The van der Waals surface area contributed by atoms with Crippen molar-refractivity contribution >= 4 is 40.6 Å². The number of nitrogens with zero attached hydrogens (tertiary/aromatic N) is 6. The van der Waals surface area contributed by atoms with Gasteiger partial charge in [0.2, 0.25) is 11.7 Å². The van der Waals surface area contributed by atoms with Crippen LogP contribution < -0.4 is 31.5 Å². The van der Waals surface area contributed by atoms with E-state index in [0.29, 0.717) is 24.4 Å². The number of nitrogens with one attached hydrogen (secondary N) is 5. The zero-order chi connectivity index (χ0) is 39.0. The molecule has 1 aliphatic heterocycles. The van der Waals surface area contributed by atoms with Crippen LogP contribution in [0.3, 0.4) is 0 Å². The minimum Gasteiger partial charge on any atom is -0.388 e. The van der Waals surface area contributed by atoms with Gasteiger partial charge in [-0.05, 0) is 36.1 Å². The van der Waals surface area contributed by atoms with Crippen molar-refractivity contribution in [2.45, 2.75) is 62.4 Å². The number of pyridine rings is 1. The second-order valence-electron chi connectivity index (χ2n) is 14.1. The molecule has 3 aromatic heterocycles. The highest BCUT2D eigenvalue weighted by Gasteiger charge is 2.44. The Kier molecular flexibility index (Phi) is 12.0. The van der Waals surface area contributed by atoms with Crippen LogP contribution in [-0.4, -0.2) is 110 Å². The van der Waals surface area contributed by atoms with Crippen molar-refractivity contribution in [3.63, 3.8) is 0 Å².